The van der Waals surface area contributed by atoms with Gasteiger partial charge in [0.05, 0.1) is 18.8 Å². The quantitative estimate of drug-likeness (QED) is 0.853. The van der Waals surface area contributed by atoms with Crippen molar-refractivity contribution < 1.29 is 4.74 Å². The monoisotopic (exact) mass is 325 g/mol. The van der Waals surface area contributed by atoms with Gasteiger partial charge < -0.3 is 10.1 Å². The highest BCUT2D eigenvalue weighted by Crippen LogP contribution is 2.32. The van der Waals surface area contributed by atoms with Crippen LogP contribution in [0.5, 0.6) is 5.75 Å². The van der Waals surface area contributed by atoms with Crippen molar-refractivity contribution >= 4 is 33.0 Å². The molecule has 0 aliphatic rings. The summed E-state index contributed by atoms with van der Waals surface area (Å²) in [5.74, 6) is 0.857. The Bertz CT molecular complexity index is 538. The molecule has 96 valence electrons. The number of halogens is 1. The van der Waals surface area contributed by atoms with Crippen LogP contribution in [-0.2, 0) is 0 Å². The van der Waals surface area contributed by atoms with Crippen molar-refractivity contribution in [3.05, 3.63) is 44.6 Å². The van der Waals surface area contributed by atoms with Crippen LogP contribution in [0.15, 0.2) is 34.8 Å². The molecule has 0 saturated heterocycles. The average Bonchev–Trinajstić information content (AvgIpc) is 2.79. The minimum absolute atomic E-state index is 0.284. The van der Waals surface area contributed by atoms with Gasteiger partial charge in [-0.1, -0.05) is 0 Å². The summed E-state index contributed by atoms with van der Waals surface area (Å²) in [6.45, 7) is 4.29. The molecule has 2 aromatic rings. The first-order valence-electron chi connectivity index (χ1n) is 5.76. The fourth-order valence-corrected chi connectivity index (χ4v) is 2.97. The molecule has 18 heavy (non-hydrogen) atoms. The largest absolute Gasteiger partial charge is 0.497 e. The normalized spacial score (nSPS) is 12.2. The van der Waals surface area contributed by atoms with Crippen molar-refractivity contribution in [2.75, 3.05) is 12.4 Å². The van der Waals surface area contributed by atoms with Gasteiger partial charge in [-0.2, -0.15) is 0 Å². The number of methoxy groups -OCH3 is 1. The number of benzene rings is 1. The molecule has 1 N–H and O–H groups in total. The maximum atomic E-state index is 5.24. The Balaban J connectivity index is 2.18. The summed E-state index contributed by atoms with van der Waals surface area (Å²) in [6, 6.07) is 10.5. The molecule has 4 heteroatoms. The first-order chi connectivity index (χ1) is 8.60. The summed E-state index contributed by atoms with van der Waals surface area (Å²) in [6.07, 6.45) is 0. The molecule has 0 amide bonds. The van der Waals surface area contributed by atoms with Gasteiger partial charge in [-0.05, 0) is 54.0 Å². The Kier molecular flexibility index (Phi) is 4.30. The van der Waals surface area contributed by atoms with E-state index < -0.39 is 0 Å². The third-order valence-electron chi connectivity index (χ3n) is 2.73. The molecule has 2 rings (SSSR count). The van der Waals surface area contributed by atoms with Gasteiger partial charge in [0.25, 0.3) is 0 Å². The molecule has 0 aliphatic heterocycles. The molecular formula is C14H16BrNOS. The Labute approximate surface area is 120 Å². The summed E-state index contributed by atoms with van der Waals surface area (Å²) in [5, 5.41) is 3.50. The fourth-order valence-electron chi connectivity index (χ4n) is 1.73. The van der Waals surface area contributed by atoms with Crippen LogP contribution in [0, 0.1) is 6.92 Å². The van der Waals surface area contributed by atoms with Crippen LogP contribution in [-0.4, -0.2) is 7.11 Å². The van der Waals surface area contributed by atoms with Crippen LogP contribution in [0.1, 0.15) is 22.7 Å². The Hall–Kier alpha value is -1.00. The zero-order chi connectivity index (χ0) is 13.1. The number of hydrogen-bond acceptors (Lipinski definition) is 3. The number of rotatable bonds is 4. The number of aryl methyl sites for hydroxylation is 1. The van der Waals surface area contributed by atoms with Crippen molar-refractivity contribution in [3.8, 4) is 5.75 Å². The highest BCUT2D eigenvalue weighted by atomic mass is 79.9. The number of thiophene rings is 1. The van der Waals surface area contributed by atoms with E-state index in [1.165, 1.54) is 9.75 Å². The molecule has 0 radical (unpaired) electrons. The van der Waals surface area contributed by atoms with E-state index in [2.05, 4.69) is 47.2 Å². The van der Waals surface area contributed by atoms with Crippen molar-refractivity contribution in [3.63, 3.8) is 0 Å². The van der Waals surface area contributed by atoms with Crippen molar-refractivity contribution in [2.24, 2.45) is 0 Å². The highest BCUT2D eigenvalue weighted by Gasteiger charge is 2.10. The second-order valence-corrected chi connectivity index (χ2v) is 6.33. The second-order valence-electron chi connectivity index (χ2n) is 4.16. The molecule has 0 fully saturated rings. The van der Waals surface area contributed by atoms with Crippen molar-refractivity contribution in [1.29, 1.82) is 0 Å². The minimum Gasteiger partial charge on any atom is -0.497 e. The molecule has 1 atom stereocenters. The van der Waals surface area contributed by atoms with Gasteiger partial charge in [0.15, 0.2) is 0 Å². The topological polar surface area (TPSA) is 21.3 Å². The highest BCUT2D eigenvalue weighted by molar-refractivity contribution is 9.10. The molecule has 1 aromatic carbocycles. The van der Waals surface area contributed by atoms with Crippen LogP contribution in [0.2, 0.25) is 0 Å². The minimum atomic E-state index is 0.284. The van der Waals surface area contributed by atoms with E-state index in [9.17, 15) is 0 Å². The van der Waals surface area contributed by atoms with Gasteiger partial charge in [-0.25, -0.2) is 0 Å². The third kappa shape index (κ3) is 3.06. The molecule has 2 nitrogen and oxygen atoms in total. The van der Waals surface area contributed by atoms with Gasteiger partial charge >= 0.3 is 0 Å². The summed E-state index contributed by atoms with van der Waals surface area (Å²) < 4.78 is 6.29. The number of ether oxygens (including phenoxy) is 1. The predicted octanol–water partition coefficient (Wildman–Crippen LogP) is 5.00. The van der Waals surface area contributed by atoms with Gasteiger partial charge in [-0.3, -0.25) is 0 Å². The van der Waals surface area contributed by atoms with Gasteiger partial charge in [-0.15, -0.1) is 11.3 Å². The average molecular weight is 326 g/mol. The van der Waals surface area contributed by atoms with Crippen LogP contribution in [0.4, 0.5) is 5.69 Å². The number of hydrogen-bond donors (Lipinski definition) is 1. The lowest BCUT2D eigenvalue weighted by atomic mass is 10.2. The lowest BCUT2D eigenvalue weighted by molar-refractivity contribution is 0.415. The van der Waals surface area contributed by atoms with Crippen LogP contribution in [0.25, 0.3) is 0 Å². The standard InChI is InChI=1S/C14H16BrNOS/c1-9-4-7-14(18-9)10(2)16-13-8-11(17-3)5-6-12(13)15/h4-8,10,16H,1-3H3. The van der Waals surface area contributed by atoms with E-state index in [0.717, 1.165) is 15.9 Å². The van der Waals surface area contributed by atoms with Crippen LogP contribution < -0.4 is 10.1 Å². The first-order valence-corrected chi connectivity index (χ1v) is 7.37. The van der Waals surface area contributed by atoms with E-state index in [-0.39, 0.29) is 6.04 Å². The Morgan fingerprint density at radius 3 is 2.67 bits per heavy atom. The molecule has 0 spiro atoms. The van der Waals surface area contributed by atoms with Crippen molar-refractivity contribution in [1.82, 2.24) is 0 Å². The Morgan fingerprint density at radius 1 is 1.28 bits per heavy atom. The van der Waals surface area contributed by atoms with Gasteiger partial charge in [0, 0.05) is 20.3 Å². The SMILES string of the molecule is COc1ccc(Br)c(NC(C)c2ccc(C)s2)c1. The smallest absolute Gasteiger partial charge is 0.121 e. The van der Waals surface area contributed by atoms with Crippen LogP contribution >= 0.6 is 27.3 Å². The van der Waals surface area contributed by atoms with E-state index >= 15 is 0 Å². The molecule has 1 unspecified atom stereocenters. The second kappa shape index (κ2) is 5.76. The van der Waals surface area contributed by atoms with Crippen molar-refractivity contribution in [2.45, 2.75) is 19.9 Å². The molecule has 0 bridgehead atoms. The van der Waals surface area contributed by atoms with E-state index in [1.807, 2.05) is 29.5 Å². The fraction of sp³-hybridized carbons (Fsp3) is 0.286. The molecular weight excluding hydrogens is 310 g/mol. The Morgan fingerprint density at radius 2 is 2.06 bits per heavy atom. The maximum absolute atomic E-state index is 5.24. The third-order valence-corrected chi connectivity index (χ3v) is 4.61. The number of nitrogens with one attached hydrogen (secondary N) is 1. The molecule has 1 aromatic heterocycles. The summed E-state index contributed by atoms with van der Waals surface area (Å²) >= 11 is 5.37. The van der Waals surface area contributed by atoms with E-state index in [4.69, 9.17) is 4.74 Å². The summed E-state index contributed by atoms with van der Waals surface area (Å²) in [4.78, 5) is 2.67. The predicted molar refractivity (Wildman–Crippen MR) is 81.8 cm³/mol. The first kappa shape index (κ1) is 13.4. The van der Waals surface area contributed by atoms with E-state index in [1.54, 1.807) is 7.11 Å². The zero-order valence-corrected chi connectivity index (χ0v) is 13.1. The lowest BCUT2D eigenvalue weighted by Crippen LogP contribution is -2.05. The van der Waals surface area contributed by atoms with Crippen LogP contribution in [0.3, 0.4) is 0 Å². The zero-order valence-electron chi connectivity index (χ0n) is 10.7. The maximum Gasteiger partial charge on any atom is 0.121 e. The molecule has 0 aliphatic carbocycles. The lowest BCUT2D eigenvalue weighted by Gasteiger charge is -2.16. The number of anilines is 1. The van der Waals surface area contributed by atoms with Gasteiger partial charge in [0.1, 0.15) is 5.75 Å². The molecule has 1 heterocycles. The van der Waals surface area contributed by atoms with E-state index in [0.29, 0.717) is 0 Å². The summed E-state index contributed by atoms with van der Waals surface area (Å²) in [7, 11) is 1.68. The summed E-state index contributed by atoms with van der Waals surface area (Å²) in [5.41, 5.74) is 1.05. The van der Waals surface area contributed by atoms with Gasteiger partial charge in [0.2, 0.25) is 0 Å². The molecule has 0 saturated carbocycles.